The van der Waals surface area contributed by atoms with Crippen LogP contribution in [-0.4, -0.2) is 9.78 Å². The van der Waals surface area contributed by atoms with E-state index in [0.29, 0.717) is 17.8 Å². The Hall–Kier alpha value is -1.66. The molecule has 3 heteroatoms. The Labute approximate surface area is 178 Å². The van der Waals surface area contributed by atoms with Crippen molar-refractivity contribution in [2.45, 2.75) is 59.3 Å². The molecule has 0 fully saturated rings. The summed E-state index contributed by atoms with van der Waals surface area (Å²) in [5.41, 5.74) is 7.67. The van der Waals surface area contributed by atoms with Crippen LogP contribution in [0.15, 0.2) is 48.7 Å². The molecule has 0 N–H and O–H groups in total. The molecule has 3 rings (SSSR count). The van der Waals surface area contributed by atoms with Gasteiger partial charge >= 0.3 is 0 Å². The van der Waals surface area contributed by atoms with E-state index in [2.05, 4.69) is 77.0 Å². The van der Waals surface area contributed by atoms with Gasteiger partial charge in [-0.1, -0.05) is 53.7 Å². The molecular formula is C24H29N2Pt-. The maximum atomic E-state index is 4.61. The van der Waals surface area contributed by atoms with Crippen molar-refractivity contribution in [1.29, 1.82) is 0 Å². The number of hydrogen-bond acceptors (Lipinski definition) is 1. The molecule has 0 aliphatic carbocycles. The van der Waals surface area contributed by atoms with Gasteiger partial charge in [0.1, 0.15) is 0 Å². The Morgan fingerprint density at radius 2 is 1.48 bits per heavy atom. The molecular weight excluding hydrogens is 511 g/mol. The minimum atomic E-state index is 0. The van der Waals surface area contributed by atoms with Crippen molar-refractivity contribution < 1.29 is 21.1 Å². The molecule has 0 saturated heterocycles. The molecule has 27 heavy (non-hydrogen) atoms. The van der Waals surface area contributed by atoms with Gasteiger partial charge in [-0.25, -0.2) is 0 Å². The molecule has 0 spiro atoms. The van der Waals surface area contributed by atoms with Crippen LogP contribution in [0.25, 0.3) is 16.9 Å². The number of para-hydroxylation sites is 1. The van der Waals surface area contributed by atoms with Crippen molar-refractivity contribution in [2.24, 2.45) is 0 Å². The van der Waals surface area contributed by atoms with E-state index in [4.69, 9.17) is 0 Å². The normalized spacial score (nSPS) is 11.3. The second kappa shape index (κ2) is 9.02. The Morgan fingerprint density at radius 3 is 1.96 bits per heavy atom. The van der Waals surface area contributed by atoms with Crippen molar-refractivity contribution in [2.75, 3.05) is 0 Å². The average Bonchev–Trinajstić information content (AvgIpc) is 3.10. The van der Waals surface area contributed by atoms with Crippen LogP contribution >= 0.6 is 0 Å². The van der Waals surface area contributed by atoms with Crippen LogP contribution < -0.4 is 0 Å². The van der Waals surface area contributed by atoms with Gasteiger partial charge in [-0.05, 0) is 46.2 Å². The molecule has 1 heterocycles. The van der Waals surface area contributed by atoms with Crippen molar-refractivity contribution >= 4 is 0 Å². The summed E-state index contributed by atoms with van der Waals surface area (Å²) in [5.74, 6) is 1.42. The van der Waals surface area contributed by atoms with Crippen LogP contribution in [0.4, 0.5) is 0 Å². The van der Waals surface area contributed by atoms with Crippen LogP contribution in [0, 0.1) is 6.07 Å². The zero-order chi connectivity index (χ0) is 18.8. The Morgan fingerprint density at radius 1 is 0.852 bits per heavy atom. The van der Waals surface area contributed by atoms with Gasteiger partial charge in [-0.3, -0.25) is 4.68 Å². The molecule has 2 nitrogen and oxygen atoms in total. The van der Waals surface area contributed by atoms with Crippen LogP contribution in [0.1, 0.15) is 76.0 Å². The van der Waals surface area contributed by atoms with E-state index in [9.17, 15) is 0 Å². The van der Waals surface area contributed by atoms with Gasteiger partial charge in [0.15, 0.2) is 0 Å². The first-order valence-electron chi connectivity index (χ1n) is 9.59. The molecule has 0 aliphatic rings. The summed E-state index contributed by atoms with van der Waals surface area (Å²) < 4.78 is 2.02. The summed E-state index contributed by atoms with van der Waals surface area (Å²) in [6.45, 7) is 13.7. The van der Waals surface area contributed by atoms with E-state index in [1.807, 2.05) is 29.1 Å². The molecule has 0 amide bonds. The Balaban J connectivity index is 0.00000261. The minimum Gasteiger partial charge on any atom is -0.258 e. The first-order chi connectivity index (χ1) is 12.4. The molecule has 0 radical (unpaired) electrons. The van der Waals surface area contributed by atoms with Crippen molar-refractivity contribution in [3.8, 4) is 16.9 Å². The third-order valence-corrected chi connectivity index (χ3v) is 4.95. The fraction of sp³-hybridized carbons (Fsp3) is 0.375. The second-order valence-corrected chi connectivity index (χ2v) is 7.91. The average molecular weight is 541 g/mol. The largest absolute Gasteiger partial charge is 0.258 e. The summed E-state index contributed by atoms with van der Waals surface area (Å²) in [6.07, 6.45) is 1.89. The Kier molecular flexibility index (Phi) is 7.23. The van der Waals surface area contributed by atoms with Gasteiger partial charge in [0, 0.05) is 32.8 Å². The maximum Gasteiger partial charge on any atom is 0.0721 e. The number of benzene rings is 2. The van der Waals surface area contributed by atoms with Crippen molar-refractivity contribution in [3.63, 3.8) is 0 Å². The minimum absolute atomic E-state index is 0. The van der Waals surface area contributed by atoms with Crippen molar-refractivity contribution in [3.05, 3.63) is 71.4 Å². The van der Waals surface area contributed by atoms with E-state index >= 15 is 0 Å². The molecule has 0 unspecified atom stereocenters. The third-order valence-electron chi connectivity index (χ3n) is 4.95. The number of nitrogens with zero attached hydrogens (tertiary/aromatic N) is 2. The van der Waals surface area contributed by atoms with Crippen LogP contribution in [-0.2, 0) is 21.1 Å². The second-order valence-electron chi connectivity index (χ2n) is 7.91. The topological polar surface area (TPSA) is 17.8 Å². The van der Waals surface area contributed by atoms with E-state index < -0.39 is 0 Å². The van der Waals surface area contributed by atoms with Gasteiger partial charge < -0.3 is 0 Å². The summed E-state index contributed by atoms with van der Waals surface area (Å²) in [6, 6.07) is 18.2. The van der Waals surface area contributed by atoms with Crippen LogP contribution in [0.5, 0.6) is 0 Å². The smallest absolute Gasteiger partial charge is 0.0721 e. The van der Waals surface area contributed by atoms with Gasteiger partial charge in [-0.2, -0.15) is 29.4 Å². The fourth-order valence-corrected chi connectivity index (χ4v) is 3.45. The summed E-state index contributed by atoms with van der Waals surface area (Å²) >= 11 is 0. The standard InChI is InChI=1S/C24H29N2.Pt/c1-16(2)19-14-21(17(3)4)24(22(15-19)18(5)6)23-12-13-25-26(23)20-10-8-7-9-11-20;/h7-10,12-18H,1-6H3;/q-1;. The SMILES string of the molecule is CC(C)c1cc(C(C)C)c(-c2ccnn2-c2[c-]cccc2)c(C(C)C)c1.[Pt]. The molecule has 0 bridgehead atoms. The van der Waals surface area contributed by atoms with Crippen molar-refractivity contribution in [1.82, 2.24) is 9.78 Å². The summed E-state index contributed by atoms with van der Waals surface area (Å²) in [7, 11) is 0. The van der Waals surface area contributed by atoms with Crippen LogP contribution in [0.3, 0.4) is 0 Å². The summed E-state index contributed by atoms with van der Waals surface area (Å²) in [5, 5.41) is 4.61. The predicted octanol–water partition coefficient (Wildman–Crippen LogP) is 6.71. The molecule has 1 aromatic heterocycles. The third kappa shape index (κ3) is 4.43. The van der Waals surface area contributed by atoms with Crippen LogP contribution in [0.2, 0.25) is 0 Å². The number of rotatable bonds is 5. The zero-order valence-corrected chi connectivity index (χ0v) is 19.3. The number of hydrogen-bond donors (Lipinski definition) is 0. The van der Waals surface area contributed by atoms with E-state index in [1.165, 1.54) is 22.3 Å². The maximum absolute atomic E-state index is 4.61. The van der Waals surface area contributed by atoms with Gasteiger partial charge in [0.2, 0.25) is 0 Å². The fourth-order valence-electron chi connectivity index (χ4n) is 3.45. The molecule has 3 aromatic rings. The molecule has 146 valence electrons. The number of aromatic nitrogens is 2. The quantitative estimate of drug-likeness (QED) is 0.329. The first-order valence-corrected chi connectivity index (χ1v) is 9.59. The molecule has 0 atom stereocenters. The molecule has 2 aromatic carbocycles. The van der Waals surface area contributed by atoms with E-state index in [-0.39, 0.29) is 21.1 Å². The van der Waals surface area contributed by atoms with E-state index in [1.54, 1.807) is 0 Å². The monoisotopic (exact) mass is 540 g/mol. The summed E-state index contributed by atoms with van der Waals surface area (Å²) in [4.78, 5) is 0. The predicted molar refractivity (Wildman–Crippen MR) is 110 cm³/mol. The molecule has 0 saturated carbocycles. The first kappa shape index (κ1) is 21.6. The van der Waals surface area contributed by atoms with Gasteiger partial charge in [0.05, 0.1) is 5.69 Å². The van der Waals surface area contributed by atoms with Gasteiger partial charge in [-0.15, -0.1) is 6.07 Å². The van der Waals surface area contributed by atoms with E-state index in [0.717, 1.165) is 11.4 Å². The van der Waals surface area contributed by atoms with Gasteiger partial charge in [0.25, 0.3) is 0 Å². The molecule has 0 aliphatic heterocycles. The Bertz CT molecular complexity index is 847. The zero-order valence-electron chi connectivity index (χ0n) is 17.1.